The van der Waals surface area contributed by atoms with Gasteiger partial charge >= 0.3 is 5.97 Å². The molecule has 0 N–H and O–H groups in total. The van der Waals surface area contributed by atoms with Crippen LogP contribution in [0.1, 0.15) is 25.7 Å². The summed E-state index contributed by atoms with van der Waals surface area (Å²) >= 11 is 7.02. The minimum Gasteiger partial charge on any atom is -0.454 e. The second kappa shape index (κ2) is 7.77. The third kappa shape index (κ3) is 3.79. The summed E-state index contributed by atoms with van der Waals surface area (Å²) in [7, 11) is 1.77. The van der Waals surface area contributed by atoms with Gasteiger partial charge in [-0.25, -0.2) is 9.78 Å². The number of hydrogen-bond donors (Lipinski definition) is 0. The molecular formula is C21H16ClN3O3S. The number of ether oxygens (including phenoxy) is 1. The molecule has 0 saturated carbocycles. The van der Waals surface area contributed by atoms with E-state index in [9.17, 15) is 9.59 Å². The summed E-state index contributed by atoms with van der Waals surface area (Å²) in [4.78, 5) is 30.3. The molecule has 0 bridgehead atoms. The van der Waals surface area contributed by atoms with Crippen LogP contribution in [0.4, 0.5) is 0 Å². The standard InChI is InChI=1S/C21H16ClN3O3S/c1-12-19-14(21(27)28-11-16(26)17-8-9-18(22)29-17)10-15(13-6-4-3-5-7-13)23-20(19)25(2)24-12/h3-10H,11H2,1-2H3. The van der Waals surface area contributed by atoms with Gasteiger partial charge < -0.3 is 4.74 Å². The molecule has 0 radical (unpaired) electrons. The largest absolute Gasteiger partial charge is 0.454 e. The van der Waals surface area contributed by atoms with Crippen LogP contribution in [0.25, 0.3) is 22.3 Å². The summed E-state index contributed by atoms with van der Waals surface area (Å²) in [5.41, 5.74) is 3.07. The Morgan fingerprint density at radius 1 is 1.17 bits per heavy atom. The second-order valence-corrected chi connectivity index (χ2v) is 8.15. The van der Waals surface area contributed by atoms with E-state index in [1.165, 1.54) is 0 Å². The monoisotopic (exact) mass is 425 g/mol. The number of hydrogen-bond acceptors (Lipinski definition) is 6. The van der Waals surface area contributed by atoms with Gasteiger partial charge in [0, 0.05) is 12.6 Å². The highest BCUT2D eigenvalue weighted by Gasteiger charge is 2.21. The molecule has 3 heterocycles. The third-order valence-electron chi connectivity index (χ3n) is 4.44. The Morgan fingerprint density at radius 2 is 1.93 bits per heavy atom. The normalized spacial score (nSPS) is 11.0. The number of ketones is 1. The molecule has 0 amide bonds. The fraction of sp³-hybridized carbons (Fsp3) is 0.143. The number of carbonyl (C=O) groups is 2. The number of esters is 1. The molecule has 29 heavy (non-hydrogen) atoms. The van der Waals surface area contributed by atoms with Gasteiger partial charge in [-0.3, -0.25) is 9.48 Å². The van der Waals surface area contributed by atoms with Gasteiger partial charge in [0.2, 0.25) is 5.78 Å². The molecule has 8 heteroatoms. The number of aryl methyl sites for hydroxylation is 2. The Hall–Kier alpha value is -3.03. The Balaban J connectivity index is 1.69. The van der Waals surface area contributed by atoms with Gasteiger partial charge in [-0.1, -0.05) is 41.9 Å². The lowest BCUT2D eigenvalue weighted by atomic mass is 10.1. The SMILES string of the molecule is Cc1nn(C)c2nc(-c3ccccc3)cc(C(=O)OCC(=O)c3ccc(Cl)s3)c12. The Labute approximate surface area is 175 Å². The smallest absolute Gasteiger partial charge is 0.339 e. The lowest BCUT2D eigenvalue weighted by molar-refractivity contribution is 0.0477. The predicted molar refractivity (Wildman–Crippen MR) is 113 cm³/mol. The van der Waals surface area contributed by atoms with E-state index >= 15 is 0 Å². The average molecular weight is 426 g/mol. The highest BCUT2D eigenvalue weighted by atomic mass is 35.5. The molecule has 0 unspecified atom stereocenters. The van der Waals surface area contributed by atoms with Crippen LogP contribution < -0.4 is 0 Å². The molecule has 6 nitrogen and oxygen atoms in total. The lowest BCUT2D eigenvalue weighted by Gasteiger charge is -2.08. The fourth-order valence-corrected chi connectivity index (χ4v) is 4.07. The molecule has 1 aromatic carbocycles. The van der Waals surface area contributed by atoms with Crippen molar-refractivity contribution in [1.29, 1.82) is 0 Å². The van der Waals surface area contributed by atoms with E-state index in [1.54, 1.807) is 29.9 Å². The Morgan fingerprint density at radius 3 is 2.62 bits per heavy atom. The first-order valence-corrected chi connectivity index (χ1v) is 9.99. The molecule has 0 aliphatic rings. The maximum absolute atomic E-state index is 12.9. The van der Waals surface area contributed by atoms with Crippen molar-refractivity contribution in [3.63, 3.8) is 0 Å². The molecule has 4 aromatic rings. The van der Waals surface area contributed by atoms with Gasteiger partial charge in [0.1, 0.15) is 0 Å². The molecule has 3 aromatic heterocycles. The number of thiophene rings is 1. The Bertz CT molecular complexity index is 1230. The first-order chi connectivity index (χ1) is 13.9. The third-order valence-corrected chi connectivity index (χ3v) is 5.71. The van der Waals surface area contributed by atoms with E-state index in [0.717, 1.165) is 16.9 Å². The van der Waals surface area contributed by atoms with Crippen molar-refractivity contribution in [2.75, 3.05) is 6.61 Å². The van der Waals surface area contributed by atoms with Crippen LogP contribution in [0.5, 0.6) is 0 Å². The molecule has 0 atom stereocenters. The van der Waals surface area contributed by atoms with Crippen LogP contribution in [-0.4, -0.2) is 33.1 Å². The number of pyridine rings is 1. The molecule has 0 spiro atoms. The summed E-state index contributed by atoms with van der Waals surface area (Å²) in [5.74, 6) is -0.895. The number of rotatable bonds is 5. The van der Waals surface area contributed by atoms with Gasteiger partial charge in [-0.15, -0.1) is 11.3 Å². The second-order valence-electron chi connectivity index (χ2n) is 6.43. The van der Waals surface area contributed by atoms with E-state index in [0.29, 0.717) is 37.2 Å². The number of Topliss-reactive ketones (excluding diaryl/α,β-unsaturated/α-hetero) is 1. The highest BCUT2D eigenvalue weighted by molar-refractivity contribution is 7.18. The van der Waals surface area contributed by atoms with Crippen molar-refractivity contribution in [1.82, 2.24) is 14.8 Å². The van der Waals surface area contributed by atoms with Crippen LogP contribution in [-0.2, 0) is 11.8 Å². The van der Waals surface area contributed by atoms with Gasteiger partial charge in [-0.2, -0.15) is 5.10 Å². The van der Waals surface area contributed by atoms with E-state index in [4.69, 9.17) is 16.3 Å². The number of benzene rings is 1. The topological polar surface area (TPSA) is 74.1 Å². The fourth-order valence-electron chi connectivity index (χ4n) is 3.11. The highest BCUT2D eigenvalue weighted by Crippen LogP contribution is 2.27. The van der Waals surface area contributed by atoms with E-state index < -0.39 is 5.97 Å². The molecule has 0 saturated heterocycles. The van der Waals surface area contributed by atoms with Crippen molar-refractivity contribution in [3.8, 4) is 11.3 Å². The van der Waals surface area contributed by atoms with Crippen molar-refractivity contribution in [2.24, 2.45) is 7.05 Å². The first kappa shape index (κ1) is 19.3. The van der Waals surface area contributed by atoms with Crippen LogP contribution in [0.2, 0.25) is 4.34 Å². The Kier molecular flexibility index (Phi) is 5.17. The minimum atomic E-state index is -0.596. The van der Waals surface area contributed by atoms with Crippen molar-refractivity contribution < 1.29 is 14.3 Å². The van der Waals surface area contributed by atoms with Gasteiger partial charge in [-0.05, 0) is 25.1 Å². The summed E-state index contributed by atoms with van der Waals surface area (Å²) in [6.07, 6.45) is 0. The molecule has 0 fully saturated rings. The molecule has 0 aliphatic heterocycles. The van der Waals surface area contributed by atoms with E-state index in [1.807, 2.05) is 37.3 Å². The zero-order valence-corrected chi connectivity index (χ0v) is 17.3. The van der Waals surface area contributed by atoms with Gasteiger partial charge in [0.15, 0.2) is 12.3 Å². The summed E-state index contributed by atoms with van der Waals surface area (Å²) in [6, 6.07) is 14.5. The summed E-state index contributed by atoms with van der Waals surface area (Å²) in [5, 5.41) is 4.99. The summed E-state index contributed by atoms with van der Waals surface area (Å²) < 4.78 is 7.47. The number of nitrogens with zero attached hydrogens (tertiary/aromatic N) is 3. The zero-order valence-electron chi connectivity index (χ0n) is 15.7. The molecule has 4 rings (SSSR count). The van der Waals surface area contributed by atoms with Crippen LogP contribution in [0.15, 0.2) is 48.5 Å². The maximum atomic E-state index is 12.9. The van der Waals surface area contributed by atoms with Crippen molar-refractivity contribution >= 4 is 45.7 Å². The van der Waals surface area contributed by atoms with Crippen molar-refractivity contribution in [3.05, 3.63) is 69.0 Å². The lowest BCUT2D eigenvalue weighted by Crippen LogP contribution is -2.14. The molecular weight excluding hydrogens is 410 g/mol. The number of halogens is 1. The van der Waals surface area contributed by atoms with E-state index in [-0.39, 0.29) is 12.4 Å². The quantitative estimate of drug-likeness (QED) is 0.342. The van der Waals surface area contributed by atoms with Crippen LogP contribution in [0.3, 0.4) is 0 Å². The minimum absolute atomic E-state index is 0.299. The van der Waals surface area contributed by atoms with Crippen LogP contribution in [0, 0.1) is 6.92 Å². The number of aromatic nitrogens is 3. The zero-order chi connectivity index (χ0) is 20.5. The molecule has 0 aliphatic carbocycles. The van der Waals surface area contributed by atoms with E-state index in [2.05, 4.69) is 10.1 Å². The van der Waals surface area contributed by atoms with Gasteiger partial charge in [0.05, 0.1) is 31.6 Å². The van der Waals surface area contributed by atoms with Crippen molar-refractivity contribution in [2.45, 2.75) is 6.92 Å². The maximum Gasteiger partial charge on any atom is 0.339 e. The van der Waals surface area contributed by atoms with Gasteiger partial charge in [0.25, 0.3) is 0 Å². The number of carbonyl (C=O) groups excluding carboxylic acids is 2. The average Bonchev–Trinajstić information content (AvgIpc) is 3.29. The number of fused-ring (bicyclic) bond motifs is 1. The van der Waals surface area contributed by atoms with Crippen LogP contribution >= 0.6 is 22.9 Å². The first-order valence-electron chi connectivity index (χ1n) is 8.79. The molecule has 146 valence electrons. The summed E-state index contributed by atoms with van der Waals surface area (Å²) in [6.45, 7) is 1.45. The predicted octanol–water partition coefficient (Wildman–Crippen LogP) is 4.70.